The van der Waals surface area contributed by atoms with Crippen LogP contribution >= 0.6 is 0 Å². The summed E-state index contributed by atoms with van der Waals surface area (Å²) in [4.78, 5) is 2.33. The van der Waals surface area contributed by atoms with E-state index in [2.05, 4.69) is 194 Å². The quantitative estimate of drug-likeness (QED) is 0.170. The van der Waals surface area contributed by atoms with E-state index in [4.69, 9.17) is 4.42 Å². The lowest BCUT2D eigenvalue weighted by Crippen LogP contribution is -2.09. The van der Waals surface area contributed by atoms with Crippen molar-refractivity contribution < 1.29 is 4.42 Å². The van der Waals surface area contributed by atoms with Gasteiger partial charge in [-0.15, -0.1) is 0 Å². The van der Waals surface area contributed by atoms with E-state index >= 15 is 0 Å². The van der Waals surface area contributed by atoms with Crippen LogP contribution in [0.2, 0.25) is 0 Å². The molecule has 0 radical (unpaired) electrons. The topological polar surface area (TPSA) is 16.4 Å². The average molecular weight is 654 g/mol. The molecule has 8 aromatic carbocycles. The van der Waals surface area contributed by atoms with Gasteiger partial charge in [-0.1, -0.05) is 140 Å². The number of hydrogen-bond donors (Lipinski definition) is 0. The van der Waals surface area contributed by atoms with E-state index in [-0.39, 0.29) is 0 Å². The first-order chi connectivity index (χ1) is 25.2. The van der Waals surface area contributed by atoms with Crippen LogP contribution in [0.4, 0.5) is 17.1 Å². The van der Waals surface area contributed by atoms with Crippen molar-refractivity contribution in [3.05, 3.63) is 200 Å². The second-order valence-corrected chi connectivity index (χ2v) is 13.0. The van der Waals surface area contributed by atoms with Crippen molar-refractivity contribution in [3.63, 3.8) is 0 Å². The molecule has 0 saturated carbocycles. The number of furan rings is 1. The zero-order chi connectivity index (χ0) is 34.1. The van der Waals surface area contributed by atoms with Crippen LogP contribution in [0.25, 0.3) is 66.4 Å². The van der Waals surface area contributed by atoms with Gasteiger partial charge < -0.3 is 9.32 Å². The molecule has 0 N–H and O–H groups in total. The highest BCUT2D eigenvalue weighted by atomic mass is 16.3. The Morgan fingerprint density at radius 1 is 0.353 bits per heavy atom. The van der Waals surface area contributed by atoms with Gasteiger partial charge in [-0.2, -0.15) is 0 Å². The number of hydrogen-bond acceptors (Lipinski definition) is 2. The zero-order valence-electron chi connectivity index (χ0n) is 28.3. The lowest BCUT2D eigenvalue weighted by atomic mass is 9.99. The molecule has 0 amide bonds. The van der Waals surface area contributed by atoms with Gasteiger partial charge in [-0.3, -0.25) is 0 Å². The molecule has 9 rings (SSSR count). The largest absolute Gasteiger partial charge is 0.456 e. The van der Waals surface area contributed by atoms with Crippen LogP contribution in [0.15, 0.2) is 199 Å². The third kappa shape index (κ3) is 5.88. The molecule has 0 aliphatic heterocycles. The molecule has 0 aliphatic rings. The molecule has 2 nitrogen and oxygen atoms in total. The monoisotopic (exact) mass is 653 g/mol. The minimum Gasteiger partial charge on any atom is -0.456 e. The van der Waals surface area contributed by atoms with Crippen molar-refractivity contribution in [3.8, 4) is 44.7 Å². The van der Waals surface area contributed by atoms with Gasteiger partial charge in [0.1, 0.15) is 11.3 Å². The number of nitrogens with zero attached hydrogens (tertiary/aromatic N) is 1. The number of anilines is 3. The van der Waals surface area contributed by atoms with Crippen molar-refractivity contribution >= 4 is 38.8 Å². The number of rotatable bonds is 7. The standard InChI is InChI=1S/C49H35NO/c1-34-47-16-7-8-17-48(47)51-49(34)43-15-9-14-41(33-43)38-22-28-45(29-23-38)50(44-26-20-37(21-27-44)35-10-3-2-4-11-35)46-30-24-39(25-31-46)42-19-18-36-12-5-6-13-40(36)32-42/h2-33H,1H3. The van der Waals surface area contributed by atoms with E-state index < -0.39 is 0 Å². The Morgan fingerprint density at radius 3 is 1.47 bits per heavy atom. The summed E-state index contributed by atoms with van der Waals surface area (Å²) < 4.78 is 6.31. The van der Waals surface area contributed by atoms with E-state index in [9.17, 15) is 0 Å². The van der Waals surface area contributed by atoms with Gasteiger partial charge in [0.25, 0.3) is 0 Å². The van der Waals surface area contributed by atoms with E-state index in [1.807, 2.05) is 12.1 Å². The van der Waals surface area contributed by atoms with Gasteiger partial charge in [0.2, 0.25) is 0 Å². The normalized spacial score (nSPS) is 11.2. The molecule has 242 valence electrons. The predicted molar refractivity (Wildman–Crippen MR) is 215 cm³/mol. The summed E-state index contributed by atoms with van der Waals surface area (Å²) >= 11 is 0. The molecule has 0 saturated heterocycles. The molecule has 0 bridgehead atoms. The average Bonchev–Trinajstić information content (AvgIpc) is 3.55. The maximum atomic E-state index is 6.31. The van der Waals surface area contributed by atoms with Crippen LogP contribution in [-0.4, -0.2) is 0 Å². The molecule has 2 heteroatoms. The van der Waals surface area contributed by atoms with Crippen LogP contribution in [0, 0.1) is 6.92 Å². The van der Waals surface area contributed by atoms with E-state index in [0.29, 0.717) is 0 Å². The molecule has 0 aliphatic carbocycles. The second-order valence-electron chi connectivity index (χ2n) is 13.0. The Hall–Kier alpha value is -6.64. The summed E-state index contributed by atoms with van der Waals surface area (Å²) in [5.74, 6) is 0.923. The number of benzene rings is 8. The van der Waals surface area contributed by atoms with Crippen molar-refractivity contribution in [2.45, 2.75) is 6.92 Å². The summed E-state index contributed by atoms with van der Waals surface area (Å²) in [6.45, 7) is 2.14. The Balaban J connectivity index is 1.07. The molecule has 0 atom stereocenters. The first kappa shape index (κ1) is 30.4. The number of aryl methyl sites for hydroxylation is 1. The van der Waals surface area contributed by atoms with E-state index in [1.165, 1.54) is 38.6 Å². The molecule has 1 heterocycles. The smallest absolute Gasteiger partial charge is 0.138 e. The van der Waals surface area contributed by atoms with Gasteiger partial charge in [-0.05, 0) is 106 Å². The van der Waals surface area contributed by atoms with Crippen LogP contribution in [0.3, 0.4) is 0 Å². The van der Waals surface area contributed by atoms with Gasteiger partial charge in [-0.25, -0.2) is 0 Å². The molecule has 0 spiro atoms. The lowest BCUT2D eigenvalue weighted by molar-refractivity contribution is 0.629. The summed E-state index contributed by atoms with van der Waals surface area (Å²) in [7, 11) is 0. The zero-order valence-corrected chi connectivity index (χ0v) is 28.3. The second kappa shape index (κ2) is 13.0. The molecule has 51 heavy (non-hydrogen) atoms. The predicted octanol–water partition coefficient (Wildman–Crippen LogP) is 14.0. The highest BCUT2D eigenvalue weighted by molar-refractivity contribution is 5.90. The minimum atomic E-state index is 0.918. The molecule has 1 aromatic heterocycles. The van der Waals surface area contributed by atoms with Gasteiger partial charge in [0, 0.05) is 33.6 Å². The van der Waals surface area contributed by atoms with Crippen molar-refractivity contribution in [1.82, 2.24) is 0 Å². The van der Waals surface area contributed by atoms with Crippen molar-refractivity contribution in [2.24, 2.45) is 0 Å². The number of fused-ring (bicyclic) bond motifs is 2. The fourth-order valence-electron chi connectivity index (χ4n) is 7.15. The summed E-state index contributed by atoms with van der Waals surface area (Å²) in [6, 6.07) is 69.2. The van der Waals surface area contributed by atoms with Crippen LogP contribution in [-0.2, 0) is 0 Å². The first-order valence-electron chi connectivity index (χ1n) is 17.4. The summed E-state index contributed by atoms with van der Waals surface area (Å²) in [5.41, 5.74) is 13.6. The first-order valence-corrected chi connectivity index (χ1v) is 17.4. The van der Waals surface area contributed by atoms with Crippen molar-refractivity contribution in [1.29, 1.82) is 0 Å². The van der Waals surface area contributed by atoms with Gasteiger partial charge >= 0.3 is 0 Å². The van der Waals surface area contributed by atoms with E-state index in [0.717, 1.165) is 50.5 Å². The lowest BCUT2D eigenvalue weighted by Gasteiger charge is -2.26. The Labute approximate surface area is 298 Å². The third-order valence-corrected chi connectivity index (χ3v) is 9.87. The number of para-hydroxylation sites is 1. The van der Waals surface area contributed by atoms with Crippen molar-refractivity contribution in [2.75, 3.05) is 4.90 Å². The SMILES string of the molecule is Cc1c(-c2cccc(-c3ccc(N(c4ccc(-c5ccccc5)cc4)c4ccc(-c5ccc6ccccc6c5)cc4)cc3)c2)oc2ccccc12. The molecular formula is C49H35NO. The van der Waals surface area contributed by atoms with E-state index in [1.54, 1.807) is 0 Å². The molecule has 0 unspecified atom stereocenters. The molecular weight excluding hydrogens is 619 g/mol. The van der Waals surface area contributed by atoms with Gasteiger partial charge in [0.05, 0.1) is 0 Å². The highest BCUT2D eigenvalue weighted by Crippen LogP contribution is 2.39. The van der Waals surface area contributed by atoms with Gasteiger partial charge in [0.15, 0.2) is 0 Å². The van der Waals surface area contributed by atoms with Crippen LogP contribution in [0.1, 0.15) is 5.56 Å². The fourth-order valence-corrected chi connectivity index (χ4v) is 7.15. The maximum Gasteiger partial charge on any atom is 0.138 e. The Bertz CT molecular complexity index is 2620. The Morgan fingerprint density at radius 2 is 0.824 bits per heavy atom. The molecule has 0 fully saturated rings. The minimum absolute atomic E-state index is 0.918. The Kier molecular flexibility index (Phi) is 7.75. The maximum absolute atomic E-state index is 6.31. The van der Waals surface area contributed by atoms with Crippen LogP contribution < -0.4 is 4.90 Å². The summed E-state index contributed by atoms with van der Waals surface area (Å²) in [5, 5.41) is 3.66. The highest BCUT2D eigenvalue weighted by Gasteiger charge is 2.16. The summed E-state index contributed by atoms with van der Waals surface area (Å²) in [6.07, 6.45) is 0. The molecule has 9 aromatic rings. The van der Waals surface area contributed by atoms with Crippen LogP contribution in [0.5, 0.6) is 0 Å². The fraction of sp³-hybridized carbons (Fsp3) is 0.0204. The third-order valence-electron chi connectivity index (χ3n) is 9.87.